The van der Waals surface area contributed by atoms with Crippen LogP contribution >= 0.6 is 11.3 Å². The molecule has 6 nitrogen and oxygen atoms in total. The topological polar surface area (TPSA) is 74.8 Å². The molecule has 1 aliphatic heterocycles. The number of piperidine rings is 1. The highest BCUT2D eigenvalue weighted by atomic mass is 32.2. The van der Waals surface area contributed by atoms with Gasteiger partial charge in [0.15, 0.2) is 5.78 Å². The van der Waals surface area contributed by atoms with Gasteiger partial charge in [-0.3, -0.25) is 9.59 Å². The molecule has 2 aromatic rings. The fourth-order valence-electron chi connectivity index (χ4n) is 3.55. The van der Waals surface area contributed by atoms with Gasteiger partial charge in [0.05, 0.1) is 11.4 Å². The quantitative estimate of drug-likeness (QED) is 0.626. The molecule has 0 bridgehead atoms. The molecule has 0 atom stereocenters. The van der Waals surface area contributed by atoms with Crippen molar-refractivity contribution in [1.29, 1.82) is 0 Å². The van der Waals surface area contributed by atoms with E-state index in [0.29, 0.717) is 44.6 Å². The third-order valence-corrected chi connectivity index (χ3v) is 8.10. The van der Waals surface area contributed by atoms with Crippen LogP contribution in [0.3, 0.4) is 0 Å². The van der Waals surface area contributed by atoms with E-state index in [1.54, 1.807) is 11.3 Å². The van der Waals surface area contributed by atoms with Crippen molar-refractivity contribution in [2.75, 3.05) is 19.6 Å². The van der Waals surface area contributed by atoms with Crippen LogP contribution in [0.5, 0.6) is 0 Å². The Labute approximate surface area is 176 Å². The van der Waals surface area contributed by atoms with Gasteiger partial charge in [-0.25, -0.2) is 8.42 Å². The number of carbonyl (C=O) groups excluding carboxylic acids is 2. The molecule has 1 amide bonds. The molecule has 0 radical (unpaired) electrons. The van der Waals surface area contributed by atoms with E-state index in [0.717, 1.165) is 4.88 Å². The van der Waals surface area contributed by atoms with E-state index in [-0.39, 0.29) is 22.5 Å². The van der Waals surface area contributed by atoms with Gasteiger partial charge in [-0.05, 0) is 50.3 Å². The Morgan fingerprint density at radius 3 is 2.31 bits per heavy atom. The highest BCUT2D eigenvalue weighted by molar-refractivity contribution is 7.89. The summed E-state index contributed by atoms with van der Waals surface area (Å²) >= 11 is 1.63. The fourth-order valence-corrected chi connectivity index (χ4v) is 5.74. The Morgan fingerprint density at radius 2 is 1.79 bits per heavy atom. The number of ketones is 1. The summed E-state index contributed by atoms with van der Waals surface area (Å²) in [7, 11) is -3.62. The number of nitrogens with zero attached hydrogens (tertiary/aromatic N) is 2. The lowest BCUT2D eigenvalue weighted by atomic mass is 9.96. The first-order valence-electron chi connectivity index (χ1n) is 9.75. The Balaban J connectivity index is 1.62. The maximum Gasteiger partial charge on any atom is 0.243 e. The molecule has 1 fully saturated rings. The number of hydrogen-bond donors (Lipinski definition) is 0. The van der Waals surface area contributed by atoms with E-state index < -0.39 is 10.0 Å². The fraction of sp³-hybridized carbons (Fsp3) is 0.429. The van der Waals surface area contributed by atoms with Crippen molar-refractivity contribution in [2.45, 2.75) is 38.1 Å². The molecule has 156 valence electrons. The number of rotatable bonds is 7. The maximum atomic E-state index is 12.9. The second kappa shape index (κ2) is 9.19. The molecule has 0 unspecified atom stereocenters. The Morgan fingerprint density at radius 1 is 1.14 bits per heavy atom. The van der Waals surface area contributed by atoms with Crippen LogP contribution in [-0.4, -0.2) is 48.9 Å². The van der Waals surface area contributed by atoms with Crippen LogP contribution in [0.2, 0.25) is 0 Å². The first kappa shape index (κ1) is 21.7. The van der Waals surface area contributed by atoms with Crippen LogP contribution in [0.15, 0.2) is 46.7 Å². The summed E-state index contributed by atoms with van der Waals surface area (Å²) in [4.78, 5) is 27.5. The number of Topliss-reactive ketones (excluding diaryl/α,β-unsaturated/α-hetero) is 1. The van der Waals surface area contributed by atoms with E-state index in [4.69, 9.17) is 0 Å². The van der Waals surface area contributed by atoms with Crippen molar-refractivity contribution in [3.8, 4) is 0 Å². The summed E-state index contributed by atoms with van der Waals surface area (Å²) in [6.45, 7) is 5.30. The molecular weight excluding hydrogens is 408 g/mol. The second-order valence-corrected chi connectivity index (χ2v) is 10.2. The van der Waals surface area contributed by atoms with Crippen LogP contribution in [0.4, 0.5) is 0 Å². The SMILES string of the molecule is CCN(Cc1cccs1)C(=O)C1CCN(S(=O)(=O)c2ccc(C(C)=O)cc2)CC1. The molecule has 29 heavy (non-hydrogen) atoms. The standard InChI is InChI=1S/C21H26N2O4S2/c1-3-22(15-19-5-4-14-28-19)21(25)18-10-12-23(13-11-18)29(26,27)20-8-6-17(7-9-20)16(2)24/h4-9,14,18H,3,10-13,15H2,1-2H3. The molecule has 0 aliphatic carbocycles. The minimum absolute atomic E-state index is 0.101. The van der Waals surface area contributed by atoms with E-state index >= 15 is 0 Å². The Bertz CT molecular complexity index is 945. The van der Waals surface area contributed by atoms with Crippen LogP contribution in [0, 0.1) is 5.92 Å². The highest BCUT2D eigenvalue weighted by Gasteiger charge is 2.33. The lowest BCUT2D eigenvalue weighted by molar-refractivity contribution is -0.137. The number of amides is 1. The van der Waals surface area contributed by atoms with E-state index in [9.17, 15) is 18.0 Å². The summed E-state index contributed by atoms with van der Waals surface area (Å²) in [6.07, 6.45) is 1.04. The van der Waals surface area contributed by atoms with Gasteiger partial charge in [-0.1, -0.05) is 18.2 Å². The molecule has 1 saturated heterocycles. The lowest BCUT2D eigenvalue weighted by Gasteiger charge is -2.33. The van der Waals surface area contributed by atoms with E-state index in [1.165, 1.54) is 35.5 Å². The minimum atomic E-state index is -3.62. The normalized spacial score (nSPS) is 15.9. The molecule has 1 aromatic heterocycles. The second-order valence-electron chi connectivity index (χ2n) is 7.19. The molecule has 8 heteroatoms. The summed E-state index contributed by atoms with van der Waals surface area (Å²) in [5.74, 6) is -0.151. The van der Waals surface area contributed by atoms with Gasteiger partial charge in [0.25, 0.3) is 0 Å². The molecular formula is C21H26N2O4S2. The Hall–Kier alpha value is -2.03. The van der Waals surface area contributed by atoms with Crippen molar-refractivity contribution in [3.63, 3.8) is 0 Å². The first-order chi connectivity index (χ1) is 13.8. The predicted molar refractivity (Wildman–Crippen MR) is 113 cm³/mol. The van der Waals surface area contributed by atoms with Crippen LogP contribution in [0.1, 0.15) is 41.9 Å². The molecule has 3 rings (SSSR count). The zero-order chi connectivity index (χ0) is 21.0. The molecule has 1 aromatic carbocycles. The summed E-state index contributed by atoms with van der Waals surface area (Å²) in [5, 5.41) is 2.00. The highest BCUT2D eigenvalue weighted by Crippen LogP contribution is 2.26. The zero-order valence-corrected chi connectivity index (χ0v) is 18.3. The zero-order valence-electron chi connectivity index (χ0n) is 16.7. The third-order valence-electron chi connectivity index (χ3n) is 5.32. The van der Waals surface area contributed by atoms with Gasteiger partial charge in [0.2, 0.25) is 15.9 Å². The first-order valence-corrected chi connectivity index (χ1v) is 12.1. The third kappa shape index (κ3) is 4.94. The number of sulfonamides is 1. The van der Waals surface area contributed by atoms with Gasteiger partial charge in [-0.2, -0.15) is 4.31 Å². The Kier molecular flexibility index (Phi) is 6.87. The largest absolute Gasteiger partial charge is 0.338 e. The van der Waals surface area contributed by atoms with Gasteiger partial charge >= 0.3 is 0 Å². The van der Waals surface area contributed by atoms with Crippen molar-refractivity contribution in [3.05, 3.63) is 52.2 Å². The minimum Gasteiger partial charge on any atom is -0.338 e. The van der Waals surface area contributed by atoms with E-state index in [1.807, 2.05) is 29.3 Å². The van der Waals surface area contributed by atoms with Gasteiger partial charge in [-0.15, -0.1) is 11.3 Å². The van der Waals surface area contributed by atoms with Crippen LogP contribution < -0.4 is 0 Å². The monoisotopic (exact) mass is 434 g/mol. The molecule has 0 spiro atoms. The molecule has 0 saturated carbocycles. The molecule has 1 aliphatic rings. The van der Waals surface area contributed by atoms with Gasteiger partial charge in [0.1, 0.15) is 0 Å². The number of thiophene rings is 1. The van der Waals surface area contributed by atoms with Crippen molar-refractivity contribution >= 4 is 33.1 Å². The maximum absolute atomic E-state index is 12.9. The summed E-state index contributed by atoms with van der Waals surface area (Å²) < 4.78 is 27.2. The van der Waals surface area contributed by atoms with Crippen LogP contribution in [-0.2, 0) is 21.4 Å². The summed E-state index contributed by atoms with van der Waals surface area (Å²) in [6, 6.07) is 10.0. The number of hydrogen-bond acceptors (Lipinski definition) is 5. The van der Waals surface area contributed by atoms with Crippen molar-refractivity contribution < 1.29 is 18.0 Å². The molecule has 0 N–H and O–H groups in total. The van der Waals surface area contributed by atoms with E-state index in [2.05, 4.69) is 0 Å². The molecule has 2 heterocycles. The number of benzene rings is 1. The van der Waals surface area contributed by atoms with Gasteiger partial charge in [0, 0.05) is 36.0 Å². The van der Waals surface area contributed by atoms with Crippen molar-refractivity contribution in [1.82, 2.24) is 9.21 Å². The lowest BCUT2D eigenvalue weighted by Crippen LogP contribution is -2.44. The smallest absolute Gasteiger partial charge is 0.243 e. The van der Waals surface area contributed by atoms with Gasteiger partial charge < -0.3 is 4.90 Å². The average Bonchev–Trinajstić information content (AvgIpc) is 3.25. The predicted octanol–water partition coefficient (Wildman–Crippen LogP) is 3.40. The van der Waals surface area contributed by atoms with Crippen LogP contribution in [0.25, 0.3) is 0 Å². The average molecular weight is 435 g/mol. The number of carbonyl (C=O) groups is 2. The van der Waals surface area contributed by atoms with Crippen molar-refractivity contribution in [2.24, 2.45) is 5.92 Å². The summed E-state index contributed by atoms with van der Waals surface area (Å²) in [5.41, 5.74) is 0.485.